The molecule has 15 N–H and O–H groups in total. The molecule has 1 amide bonds. The maximum Gasteiger partial charge on any atom is 0.250 e. The van der Waals surface area contributed by atoms with Gasteiger partial charge in [0.1, 0.15) is 60.5 Å². The molecule has 0 spiro atoms. The highest BCUT2D eigenvalue weighted by Crippen LogP contribution is 2.32. The van der Waals surface area contributed by atoms with Crippen LogP contribution in [0.25, 0.3) is 0 Å². The Balaban J connectivity index is 1.84. The zero-order valence-electron chi connectivity index (χ0n) is 21.8. The average Bonchev–Trinajstić information content (AvgIpc) is 2.89. The van der Waals surface area contributed by atoms with E-state index in [1.165, 1.54) is 14.0 Å². The number of hydrogen-bond acceptors (Lipinski definition) is 16. The third-order valence-corrected chi connectivity index (χ3v) is 7.50. The van der Waals surface area contributed by atoms with E-state index >= 15 is 0 Å². The molecule has 39 heavy (non-hydrogen) atoms. The highest BCUT2D eigenvalue weighted by atomic mass is 16.7. The van der Waals surface area contributed by atoms with Crippen molar-refractivity contribution in [3.05, 3.63) is 0 Å². The summed E-state index contributed by atoms with van der Waals surface area (Å²) in [6, 6.07) is -2.92. The third-order valence-electron chi connectivity index (χ3n) is 7.50. The van der Waals surface area contributed by atoms with Gasteiger partial charge in [-0.3, -0.25) is 4.79 Å². The molecule has 1 saturated carbocycles. The van der Waals surface area contributed by atoms with Crippen molar-refractivity contribution in [1.29, 1.82) is 0 Å². The Hall–Kier alpha value is -1.13. The number of amides is 1. The number of likely N-dealkylation sites (N-methyl/N-ethyl adjacent to an activating group) is 1. The molecule has 2 heterocycles. The van der Waals surface area contributed by atoms with E-state index in [0.717, 1.165) is 0 Å². The molecule has 0 aromatic heterocycles. The lowest BCUT2D eigenvalue weighted by Gasteiger charge is -2.49. The molecule has 3 rings (SSSR count). The van der Waals surface area contributed by atoms with Crippen molar-refractivity contribution in [2.75, 3.05) is 26.7 Å². The Morgan fingerprint density at radius 3 is 2.26 bits per heavy atom. The van der Waals surface area contributed by atoms with E-state index in [9.17, 15) is 40.5 Å². The molecule has 0 unspecified atom stereocenters. The van der Waals surface area contributed by atoms with E-state index < -0.39 is 97.1 Å². The van der Waals surface area contributed by atoms with E-state index in [-0.39, 0.29) is 26.1 Å². The second kappa shape index (κ2) is 13.2. The fourth-order valence-electron chi connectivity index (χ4n) is 5.22. The lowest BCUT2D eigenvalue weighted by atomic mass is 9.83. The van der Waals surface area contributed by atoms with Crippen LogP contribution >= 0.6 is 0 Å². The van der Waals surface area contributed by atoms with Crippen molar-refractivity contribution < 1.29 is 59.5 Å². The molecule has 17 heteroatoms. The van der Waals surface area contributed by atoms with Crippen LogP contribution in [-0.2, 0) is 23.7 Å². The second-order valence-corrected chi connectivity index (χ2v) is 10.5. The van der Waals surface area contributed by atoms with Crippen LogP contribution < -0.4 is 27.8 Å². The molecule has 3 fully saturated rings. The van der Waals surface area contributed by atoms with Crippen molar-refractivity contribution >= 4 is 5.91 Å². The van der Waals surface area contributed by atoms with Gasteiger partial charge >= 0.3 is 0 Å². The lowest BCUT2D eigenvalue weighted by Crippen LogP contribution is -2.70. The summed E-state index contributed by atoms with van der Waals surface area (Å²) in [5.74, 6) is -0.857. The maximum atomic E-state index is 12.4. The number of nitrogens with two attached hydrogens (primary N) is 3. The van der Waals surface area contributed by atoms with Gasteiger partial charge in [-0.2, -0.15) is 0 Å². The molecular weight excluding hydrogens is 526 g/mol. The van der Waals surface area contributed by atoms with Gasteiger partial charge in [0.15, 0.2) is 12.6 Å². The molecule has 17 nitrogen and oxygen atoms in total. The Morgan fingerprint density at radius 2 is 1.67 bits per heavy atom. The summed E-state index contributed by atoms with van der Waals surface area (Å²) in [4.78, 5) is 12.4. The Bertz CT molecular complexity index is 811. The molecule has 0 radical (unpaired) electrons. The van der Waals surface area contributed by atoms with Crippen molar-refractivity contribution in [3.63, 3.8) is 0 Å². The third kappa shape index (κ3) is 6.85. The number of rotatable bonds is 9. The van der Waals surface area contributed by atoms with Gasteiger partial charge in [-0.1, -0.05) is 0 Å². The summed E-state index contributed by atoms with van der Waals surface area (Å²) >= 11 is 0. The maximum absolute atomic E-state index is 12.4. The fraction of sp³-hybridized carbons (Fsp3) is 0.955. The summed E-state index contributed by atoms with van der Waals surface area (Å²) in [5.41, 5.74) is 15.8. The van der Waals surface area contributed by atoms with E-state index in [1.807, 2.05) is 0 Å². The van der Waals surface area contributed by atoms with Crippen LogP contribution in [0.4, 0.5) is 0 Å². The van der Waals surface area contributed by atoms with Crippen LogP contribution in [0.15, 0.2) is 0 Å². The van der Waals surface area contributed by atoms with Gasteiger partial charge in [0.25, 0.3) is 0 Å². The molecule has 1 aliphatic carbocycles. The highest BCUT2D eigenvalue weighted by molar-refractivity contribution is 5.81. The van der Waals surface area contributed by atoms with Gasteiger partial charge < -0.3 is 82.5 Å². The average molecular weight is 570 g/mol. The Labute approximate surface area is 225 Å². The van der Waals surface area contributed by atoms with Gasteiger partial charge in [0, 0.05) is 19.1 Å². The van der Waals surface area contributed by atoms with Gasteiger partial charge in [-0.15, -0.1) is 0 Å². The minimum absolute atomic E-state index is 0.0836. The summed E-state index contributed by atoms with van der Waals surface area (Å²) < 4.78 is 22.7. The first kappa shape index (κ1) is 32.4. The molecule has 2 aliphatic heterocycles. The van der Waals surface area contributed by atoms with Gasteiger partial charge in [-0.25, -0.2) is 0 Å². The molecule has 15 atom stereocenters. The predicted octanol–water partition coefficient (Wildman–Crippen LogP) is -7.52. The van der Waals surface area contributed by atoms with Crippen LogP contribution in [0.1, 0.15) is 13.3 Å². The number of aliphatic hydroxyl groups is 7. The van der Waals surface area contributed by atoms with E-state index in [2.05, 4.69) is 10.6 Å². The van der Waals surface area contributed by atoms with E-state index in [1.54, 1.807) is 0 Å². The van der Waals surface area contributed by atoms with E-state index in [4.69, 9.17) is 36.1 Å². The first-order chi connectivity index (χ1) is 18.3. The predicted molar refractivity (Wildman–Crippen MR) is 130 cm³/mol. The number of ether oxygens (including phenoxy) is 4. The van der Waals surface area contributed by atoms with Crippen LogP contribution in [-0.4, -0.2) is 160 Å². The Morgan fingerprint density at radius 1 is 1.03 bits per heavy atom. The SMILES string of the molecule is CN[C@@H]1[C@@H](O)[C@@H](O[C@@H]2[C@@H](O)[C@H](O[C@H]3O[C@H](CN)[C@@H](O)[C@H](O)[C@H]3O)[C@@H](N)C[C@H]2NC(=O)[C@H](O)CN)OC[C@]1(C)O. The fourth-order valence-corrected chi connectivity index (χ4v) is 5.22. The number of carbonyl (C=O) groups is 1. The molecule has 2 saturated heterocycles. The minimum atomic E-state index is -1.72. The highest BCUT2D eigenvalue weighted by Gasteiger charge is 2.53. The van der Waals surface area contributed by atoms with Crippen molar-refractivity contribution in [3.8, 4) is 0 Å². The molecule has 0 aromatic carbocycles. The van der Waals surface area contributed by atoms with Gasteiger partial charge in [0.2, 0.25) is 5.91 Å². The van der Waals surface area contributed by atoms with Gasteiger partial charge in [0.05, 0.1) is 18.7 Å². The monoisotopic (exact) mass is 569 g/mol. The summed E-state index contributed by atoms with van der Waals surface area (Å²) in [5, 5.41) is 78.5. The van der Waals surface area contributed by atoms with Crippen molar-refractivity contribution in [2.24, 2.45) is 17.2 Å². The number of hydrogen-bond donors (Lipinski definition) is 12. The molecule has 0 aromatic rings. The van der Waals surface area contributed by atoms with Crippen molar-refractivity contribution in [2.45, 2.75) is 105 Å². The number of aliphatic hydroxyl groups excluding tert-OH is 6. The number of nitrogens with one attached hydrogen (secondary N) is 2. The van der Waals surface area contributed by atoms with Crippen molar-refractivity contribution in [1.82, 2.24) is 10.6 Å². The van der Waals surface area contributed by atoms with Crippen LogP contribution in [0.2, 0.25) is 0 Å². The topological polar surface area (TPSA) is 298 Å². The van der Waals surface area contributed by atoms with E-state index in [0.29, 0.717) is 0 Å². The van der Waals surface area contributed by atoms with Crippen LogP contribution in [0, 0.1) is 0 Å². The first-order valence-electron chi connectivity index (χ1n) is 12.8. The van der Waals surface area contributed by atoms with Crippen LogP contribution in [0.3, 0.4) is 0 Å². The normalized spacial score (nSPS) is 47.9. The zero-order valence-corrected chi connectivity index (χ0v) is 21.8. The number of carbonyl (C=O) groups excluding carboxylic acids is 1. The summed E-state index contributed by atoms with van der Waals surface area (Å²) in [6.07, 6.45) is -16.3. The molecule has 3 aliphatic rings. The second-order valence-electron chi connectivity index (χ2n) is 10.5. The molecular formula is C22H43N5O12. The molecule has 0 bridgehead atoms. The zero-order chi connectivity index (χ0) is 29.2. The summed E-state index contributed by atoms with van der Waals surface area (Å²) in [7, 11) is 1.52. The summed E-state index contributed by atoms with van der Waals surface area (Å²) in [6.45, 7) is 0.634. The quantitative estimate of drug-likeness (QED) is 0.123. The smallest absolute Gasteiger partial charge is 0.250 e. The van der Waals surface area contributed by atoms with Crippen LogP contribution in [0.5, 0.6) is 0 Å². The minimum Gasteiger partial charge on any atom is -0.388 e. The van der Waals surface area contributed by atoms with Gasteiger partial charge in [-0.05, 0) is 20.4 Å². The first-order valence-corrected chi connectivity index (χ1v) is 12.8. The standard InChI is InChI=1S/C22H43N5O12/c1-22(35)6-36-20(15(33)18(22)26-2)39-17-8(27-19(34)9(28)4-23)3-7(25)16(14(17)32)38-21-13(31)12(30)11(29)10(5-24)37-21/h7-18,20-21,26,28-33,35H,3-6,23-25H2,1-2H3,(H,27,34)/t7-,8+,9+,10+,11+,12-,13+,14-,15+,16+,17-,18+,20+,21+,22-/m0/s1. The largest absolute Gasteiger partial charge is 0.388 e. The Kier molecular flexibility index (Phi) is 11.0. The lowest BCUT2D eigenvalue weighted by molar-refractivity contribution is -0.330. The molecule has 228 valence electrons.